The van der Waals surface area contributed by atoms with Crippen LogP contribution in [0.25, 0.3) is 0 Å². The van der Waals surface area contributed by atoms with Crippen LogP contribution >= 0.6 is 12.2 Å². The molecule has 0 aromatic carbocycles. The highest BCUT2D eigenvalue weighted by atomic mass is 32.1. The zero-order chi connectivity index (χ0) is 7.40. The summed E-state index contributed by atoms with van der Waals surface area (Å²) >= 11 is 4.81. The second-order valence-electron chi connectivity index (χ2n) is 2.55. The molecule has 0 spiro atoms. The molecule has 1 atom stereocenters. The third-order valence-electron chi connectivity index (χ3n) is 1.63. The molecule has 1 aliphatic heterocycles. The van der Waals surface area contributed by atoms with Gasteiger partial charge in [0.05, 0.1) is 6.54 Å². The standard InChI is InChI=1S/C7H13NOS/c1-2-3-4-6-5-8-7(10)9-6/h6H,2-5H2,1H3,(H,8,10). The quantitative estimate of drug-likeness (QED) is 0.630. The molecule has 10 heavy (non-hydrogen) atoms. The predicted octanol–water partition coefficient (Wildman–Crippen LogP) is 1.45. The van der Waals surface area contributed by atoms with Crippen LogP contribution in [0, 0.1) is 0 Å². The molecule has 1 N–H and O–H groups in total. The Morgan fingerprint density at radius 2 is 2.60 bits per heavy atom. The van der Waals surface area contributed by atoms with E-state index >= 15 is 0 Å². The third kappa shape index (κ3) is 2.14. The van der Waals surface area contributed by atoms with Gasteiger partial charge in [-0.3, -0.25) is 0 Å². The minimum atomic E-state index is 0.340. The van der Waals surface area contributed by atoms with E-state index in [1.807, 2.05) is 0 Å². The molecule has 1 fully saturated rings. The lowest BCUT2D eigenvalue weighted by Gasteiger charge is -2.05. The number of thiocarbonyl (C=S) groups is 1. The molecule has 0 radical (unpaired) electrons. The Morgan fingerprint density at radius 1 is 1.80 bits per heavy atom. The molecule has 0 aromatic heterocycles. The fraction of sp³-hybridized carbons (Fsp3) is 0.857. The monoisotopic (exact) mass is 159 g/mol. The summed E-state index contributed by atoms with van der Waals surface area (Å²) in [6, 6.07) is 0. The molecule has 1 saturated heterocycles. The van der Waals surface area contributed by atoms with Crippen molar-refractivity contribution in [3.05, 3.63) is 0 Å². The normalized spacial score (nSPS) is 24.1. The van der Waals surface area contributed by atoms with Crippen LogP contribution in [0.5, 0.6) is 0 Å². The molecule has 0 bridgehead atoms. The van der Waals surface area contributed by atoms with Gasteiger partial charge in [-0.15, -0.1) is 0 Å². The molecule has 1 rings (SSSR count). The summed E-state index contributed by atoms with van der Waals surface area (Å²) in [6.45, 7) is 3.08. The summed E-state index contributed by atoms with van der Waals surface area (Å²) in [5.74, 6) is 0. The Bertz CT molecular complexity index is 127. The van der Waals surface area contributed by atoms with Crippen LogP contribution in [0.4, 0.5) is 0 Å². The van der Waals surface area contributed by atoms with Gasteiger partial charge in [0.25, 0.3) is 5.17 Å². The minimum Gasteiger partial charge on any atom is -0.466 e. The first kappa shape index (κ1) is 7.79. The molecule has 1 aliphatic rings. The Morgan fingerprint density at radius 3 is 3.10 bits per heavy atom. The average molecular weight is 159 g/mol. The van der Waals surface area contributed by atoms with Crippen LogP contribution in [0.1, 0.15) is 26.2 Å². The summed E-state index contributed by atoms with van der Waals surface area (Å²) in [4.78, 5) is 0. The minimum absolute atomic E-state index is 0.340. The van der Waals surface area contributed by atoms with E-state index in [1.54, 1.807) is 0 Å². The molecule has 0 aromatic rings. The molecule has 1 unspecified atom stereocenters. The van der Waals surface area contributed by atoms with E-state index in [1.165, 1.54) is 12.8 Å². The van der Waals surface area contributed by atoms with Gasteiger partial charge in [-0.25, -0.2) is 0 Å². The van der Waals surface area contributed by atoms with E-state index in [0.717, 1.165) is 13.0 Å². The summed E-state index contributed by atoms with van der Waals surface area (Å²) in [6.07, 6.45) is 3.93. The van der Waals surface area contributed by atoms with Crippen molar-refractivity contribution < 1.29 is 4.74 Å². The number of unbranched alkanes of at least 4 members (excludes halogenated alkanes) is 1. The Hall–Kier alpha value is -0.310. The second kappa shape index (κ2) is 3.76. The Balaban J connectivity index is 2.12. The molecule has 2 nitrogen and oxygen atoms in total. The summed E-state index contributed by atoms with van der Waals surface area (Å²) in [5.41, 5.74) is 0. The Kier molecular flexibility index (Phi) is 2.93. The smallest absolute Gasteiger partial charge is 0.257 e. The highest BCUT2D eigenvalue weighted by Crippen LogP contribution is 2.08. The summed E-state index contributed by atoms with van der Waals surface area (Å²) < 4.78 is 5.28. The maximum atomic E-state index is 5.28. The largest absolute Gasteiger partial charge is 0.466 e. The average Bonchev–Trinajstić information content (AvgIpc) is 2.31. The van der Waals surface area contributed by atoms with Gasteiger partial charge in [-0.1, -0.05) is 13.3 Å². The van der Waals surface area contributed by atoms with Gasteiger partial charge in [-0.2, -0.15) is 0 Å². The van der Waals surface area contributed by atoms with Gasteiger partial charge in [0.2, 0.25) is 0 Å². The lowest BCUT2D eigenvalue weighted by Crippen LogP contribution is -2.14. The van der Waals surface area contributed by atoms with Crippen LogP contribution in [-0.2, 0) is 4.74 Å². The van der Waals surface area contributed by atoms with Crippen molar-refractivity contribution in [2.75, 3.05) is 6.54 Å². The zero-order valence-corrected chi connectivity index (χ0v) is 7.04. The van der Waals surface area contributed by atoms with Gasteiger partial charge in [-0.05, 0) is 25.1 Å². The molecule has 58 valence electrons. The van der Waals surface area contributed by atoms with Gasteiger partial charge in [0.15, 0.2) is 0 Å². The van der Waals surface area contributed by atoms with Gasteiger partial charge >= 0.3 is 0 Å². The maximum Gasteiger partial charge on any atom is 0.257 e. The van der Waals surface area contributed by atoms with Crippen LogP contribution in [-0.4, -0.2) is 17.8 Å². The molecular formula is C7H13NOS. The van der Waals surface area contributed by atoms with Gasteiger partial charge < -0.3 is 10.1 Å². The highest BCUT2D eigenvalue weighted by molar-refractivity contribution is 7.80. The fourth-order valence-corrected chi connectivity index (χ4v) is 1.24. The van der Waals surface area contributed by atoms with Gasteiger partial charge in [0, 0.05) is 0 Å². The van der Waals surface area contributed by atoms with Crippen molar-refractivity contribution in [3.63, 3.8) is 0 Å². The van der Waals surface area contributed by atoms with Crippen LogP contribution in [0.2, 0.25) is 0 Å². The van der Waals surface area contributed by atoms with Crippen LogP contribution in [0.3, 0.4) is 0 Å². The lowest BCUT2D eigenvalue weighted by molar-refractivity contribution is 0.220. The number of rotatable bonds is 3. The lowest BCUT2D eigenvalue weighted by atomic mass is 10.2. The first-order valence-electron chi connectivity index (χ1n) is 3.77. The maximum absolute atomic E-state index is 5.28. The molecule has 0 amide bonds. The second-order valence-corrected chi connectivity index (χ2v) is 2.92. The molecular weight excluding hydrogens is 146 g/mol. The number of hydrogen-bond donors (Lipinski definition) is 1. The number of hydrogen-bond acceptors (Lipinski definition) is 2. The zero-order valence-electron chi connectivity index (χ0n) is 6.22. The van der Waals surface area contributed by atoms with Crippen LogP contribution < -0.4 is 5.32 Å². The third-order valence-corrected chi connectivity index (χ3v) is 1.87. The van der Waals surface area contributed by atoms with E-state index in [2.05, 4.69) is 12.2 Å². The topological polar surface area (TPSA) is 21.3 Å². The molecule has 0 aliphatic carbocycles. The van der Waals surface area contributed by atoms with Crippen molar-refractivity contribution in [2.24, 2.45) is 0 Å². The van der Waals surface area contributed by atoms with E-state index in [9.17, 15) is 0 Å². The van der Waals surface area contributed by atoms with Gasteiger partial charge in [0.1, 0.15) is 6.10 Å². The molecule has 3 heteroatoms. The van der Waals surface area contributed by atoms with Crippen LogP contribution in [0.15, 0.2) is 0 Å². The first-order valence-corrected chi connectivity index (χ1v) is 4.18. The van der Waals surface area contributed by atoms with Crippen molar-refractivity contribution in [3.8, 4) is 0 Å². The van der Waals surface area contributed by atoms with Crippen molar-refractivity contribution in [1.82, 2.24) is 5.32 Å². The Labute approximate surface area is 66.9 Å². The summed E-state index contributed by atoms with van der Waals surface area (Å²) in [7, 11) is 0. The van der Waals surface area contributed by atoms with E-state index in [-0.39, 0.29) is 0 Å². The van der Waals surface area contributed by atoms with Crippen molar-refractivity contribution in [2.45, 2.75) is 32.3 Å². The molecule has 0 saturated carbocycles. The summed E-state index contributed by atoms with van der Waals surface area (Å²) in [5, 5.41) is 3.56. The number of nitrogens with one attached hydrogen (secondary N) is 1. The molecule has 1 heterocycles. The van der Waals surface area contributed by atoms with E-state index in [4.69, 9.17) is 17.0 Å². The van der Waals surface area contributed by atoms with E-state index < -0.39 is 0 Å². The highest BCUT2D eigenvalue weighted by Gasteiger charge is 2.18. The van der Waals surface area contributed by atoms with E-state index in [0.29, 0.717) is 11.3 Å². The van der Waals surface area contributed by atoms with Crippen molar-refractivity contribution in [1.29, 1.82) is 0 Å². The first-order chi connectivity index (χ1) is 4.83. The SMILES string of the molecule is CCCCC1CNC(=S)O1. The predicted molar refractivity (Wildman–Crippen MR) is 45.0 cm³/mol. The van der Waals surface area contributed by atoms with Crippen molar-refractivity contribution >= 4 is 17.4 Å². The fourth-order valence-electron chi connectivity index (χ4n) is 1.02. The number of ether oxygens (including phenoxy) is 1.